The van der Waals surface area contributed by atoms with Gasteiger partial charge in [0.25, 0.3) is 0 Å². The zero-order valence-corrected chi connectivity index (χ0v) is 6.67. The van der Waals surface area contributed by atoms with Crippen molar-refractivity contribution < 1.29 is 10.2 Å². The Kier molecular flexibility index (Phi) is 3.61. The van der Waals surface area contributed by atoms with Gasteiger partial charge >= 0.3 is 0 Å². The molecule has 0 saturated heterocycles. The van der Waals surface area contributed by atoms with Crippen LogP contribution in [0.3, 0.4) is 0 Å². The topological polar surface area (TPSA) is 40.5 Å². The Labute approximate surface area is 62.2 Å². The molecule has 1 atom stereocenters. The van der Waals surface area contributed by atoms with Crippen LogP contribution >= 0.6 is 0 Å². The third kappa shape index (κ3) is 2.50. The minimum atomic E-state index is -0.491. The first-order valence-electron chi connectivity index (χ1n) is 3.47. The van der Waals surface area contributed by atoms with Gasteiger partial charge in [-0.25, -0.2) is 0 Å². The summed E-state index contributed by atoms with van der Waals surface area (Å²) in [4.78, 5) is 0. The molecule has 0 bridgehead atoms. The molecule has 0 aliphatic rings. The average Bonchev–Trinajstić information content (AvgIpc) is 1.89. The minimum Gasteiger partial charge on any atom is -0.396 e. The van der Waals surface area contributed by atoms with Crippen molar-refractivity contribution in [1.29, 1.82) is 0 Å². The van der Waals surface area contributed by atoms with Crippen LogP contribution in [0.5, 0.6) is 0 Å². The largest absolute Gasteiger partial charge is 0.396 e. The maximum absolute atomic E-state index is 9.35. The lowest BCUT2D eigenvalue weighted by atomic mass is 9.85. The predicted octanol–water partition coefficient (Wildman–Crippen LogP) is 0.942. The second-order valence-corrected chi connectivity index (χ2v) is 3.05. The van der Waals surface area contributed by atoms with Gasteiger partial charge in [0.2, 0.25) is 0 Å². The maximum Gasteiger partial charge on any atom is 0.0647 e. The summed E-state index contributed by atoms with van der Waals surface area (Å²) in [5, 5.41) is 17.8. The van der Waals surface area contributed by atoms with E-state index in [-0.39, 0.29) is 12.0 Å². The molecule has 0 aromatic carbocycles. The third-order valence-corrected chi connectivity index (χ3v) is 1.79. The molecule has 10 heavy (non-hydrogen) atoms. The van der Waals surface area contributed by atoms with Crippen LogP contribution < -0.4 is 0 Å². The van der Waals surface area contributed by atoms with Gasteiger partial charge in [0.05, 0.1) is 6.10 Å². The molecular weight excluding hydrogens is 128 g/mol. The number of hydrogen-bond acceptors (Lipinski definition) is 2. The molecule has 2 heteroatoms. The Morgan fingerprint density at radius 2 is 2.10 bits per heavy atom. The van der Waals surface area contributed by atoms with E-state index in [0.717, 1.165) is 0 Å². The van der Waals surface area contributed by atoms with Crippen molar-refractivity contribution in [3.05, 3.63) is 12.7 Å². The van der Waals surface area contributed by atoms with Crippen LogP contribution in [-0.2, 0) is 0 Å². The van der Waals surface area contributed by atoms with Gasteiger partial charge in [-0.05, 0) is 6.42 Å². The summed E-state index contributed by atoms with van der Waals surface area (Å²) in [6.45, 7) is 7.40. The second-order valence-electron chi connectivity index (χ2n) is 3.05. The molecule has 0 fully saturated rings. The molecular formula is C8H16O2. The Hall–Kier alpha value is -0.340. The standard InChI is InChI=1S/C8H16O2/c1-4-8(2,3)7(10)5-6-9/h4,7,9-10H,1,5-6H2,2-3H3/t7-/m0/s1. The SMILES string of the molecule is C=CC(C)(C)[C@@H](O)CCO. The van der Waals surface area contributed by atoms with Crippen molar-refractivity contribution in [3.63, 3.8) is 0 Å². The lowest BCUT2D eigenvalue weighted by Gasteiger charge is -2.25. The molecule has 2 nitrogen and oxygen atoms in total. The zero-order valence-electron chi connectivity index (χ0n) is 6.67. The third-order valence-electron chi connectivity index (χ3n) is 1.79. The lowest BCUT2D eigenvalue weighted by Crippen LogP contribution is -2.27. The van der Waals surface area contributed by atoms with E-state index in [0.29, 0.717) is 6.42 Å². The first-order chi connectivity index (χ1) is 4.54. The highest BCUT2D eigenvalue weighted by Gasteiger charge is 2.22. The molecule has 0 heterocycles. The normalized spacial score (nSPS) is 14.8. The highest BCUT2D eigenvalue weighted by atomic mass is 16.3. The van der Waals surface area contributed by atoms with E-state index in [2.05, 4.69) is 6.58 Å². The fourth-order valence-corrected chi connectivity index (χ4v) is 0.630. The quantitative estimate of drug-likeness (QED) is 0.576. The Balaban J connectivity index is 3.90. The van der Waals surface area contributed by atoms with Crippen LogP contribution in [-0.4, -0.2) is 22.9 Å². The maximum atomic E-state index is 9.35. The monoisotopic (exact) mass is 144 g/mol. The van der Waals surface area contributed by atoms with E-state index in [1.807, 2.05) is 13.8 Å². The molecule has 0 rings (SSSR count). The molecule has 0 spiro atoms. The van der Waals surface area contributed by atoms with Crippen LogP contribution in [0.4, 0.5) is 0 Å². The van der Waals surface area contributed by atoms with E-state index in [1.165, 1.54) is 0 Å². The van der Waals surface area contributed by atoms with Crippen molar-refractivity contribution >= 4 is 0 Å². The van der Waals surface area contributed by atoms with Gasteiger partial charge < -0.3 is 10.2 Å². The Morgan fingerprint density at radius 3 is 2.40 bits per heavy atom. The van der Waals surface area contributed by atoms with E-state index in [9.17, 15) is 5.11 Å². The number of hydrogen-bond donors (Lipinski definition) is 2. The van der Waals surface area contributed by atoms with Crippen molar-refractivity contribution in [2.24, 2.45) is 5.41 Å². The summed E-state index contributed by atoms with van der Waals surface area (Å²) >= 11 is 0. The number of rotatable bonds is 4. The lowest BCUT2D eigenvalue weighted by molar-refractivity contribution is 0.0568. The second kappa shape index (κ2) is 3.74. The smallest absolute Gasteiger partial charge is 0.0647 e. The molecule has 0 unspecified atom stereocenters. The average molecular weight is 144 g/mol. The molecule has 0 aliphatic heterocycles. The van der Waals surface area contributed by atoms with Crippen molar-refractivity contribution in [2.45, 2.75) is 26.4 Å². The highest BCUT2D eigenvalue weighted by Crippen LogP contribution is 2.23. The van der Waals surface area contributed by atoms with Gasteiger partial charge in [0.1, 0.15) is 0 Å². The molecule has 0 aliphatic carbocycles. The van der Waals surface area contributed by atoms with Crippen molar-refractivity contribution in [3.8, 4) is 0 Å². The fraction of sp³-hybridized carbons (Fsp3) is 0.750. The molecule has 0 aromatic heterocycles. The first kappa shape index (κ1) is 9.66. The summed E-state index contributed by atoms with van der Waals surface area (Å²) in [5.74, 6) is 0. The van der Waals surface area contributed by atoms with Crippen LogP contribution in [0.15, 0.2) is 12.7 Å². The van der Waals surface area contributed by atoms with Gasteiger partial charge in [-0.2, -0.15) is 0 Å². The van der Waals surface area contributed by atoms with Gasteiger partial charge in [0, 0.05) is 12.0 Å². The highest BCUT2D eigenvalue weighted by molar-refractivity contribution is 4.92. The number of aliphatic hydroxyl groups excluding tert-OH is 2. The van der Waals surface area contributed by atoms with Crippen LogP contribution in [0.25, 0.3) is 0 Å². The molecule has 0 aromatic rings. The summed E-state index contributed by atoms with van der Waals surface area (Å²) in [6.07, 6.45) is 1.63. The van der Waals surface area contributed by atoms with Gasteiger partial charge in [-0.3, -0.25) is 0 Å². The van der Waals surface area contributed by atoms with E-state index in [4.69, 9.17) is 5.11 Å². The summed E-state index contributed by atoms with van der Waals surface area (Å²) < 4.78 is 0. The molecule has 2 N–H and O–H groups in total. The van der Waals surface area contributed by atoms with Gasteiger partial charge in [0.15, 0.2) is 0 Å². The van der Waals surface area contributed by atoms with Crippen molar-refractivity contribution in [2.75, 3.05) is 6.61 Å². The summed E-state index contributed by atoms with van der Waals surface area (Å²) in [5.41, 5.74) is -0.289. The Bertz CT molecular complexity index is 108. The van der Waals surface area contributed by atoms with Gasteiger partial charge in [-0.15, -0.1) is 6.58 Å². The zero-order chi connectivity index (χ0) is 8.20. The van der Waals surface area contributed by atoms with E-state index in [1.54, 1.807) is 6.08 Å². The van der Waals surface area contributed by atoms with Crippen LogP contribution in [0.1, 0.15) is 20.3 Å². The van der Waals surface area contributed by atoms with Crippen LogP contribution in [0, 0.1) is 5.41 Å². The van der Waals surface area contributed by atoms with E-state index < -0.39 is 6.10 Å². The van der Waals surface area contributed by atoms with Gasteiger partial charge in [-0.1, -0.05) is 19.9 Å². The van der Waals surface area contributed by atoms with Crippen molar-refractivity contribution in [1.82, 2.24) is 0 Å². The van der Waals surface area contributed by atoms with E-state index >= 15 is 0 Å². The molecule has 0 saturated carbocycles. The number of aliphatic hydroxyl groups is 2. The first-order valence-corrected chi connectivity index (χ1v) is 3.47. The fourth-order valence-electron chi connectivity index (χ4n) is 0.630. The predicted molar refractivity (Wildman–Crippen MR) is 41.7 cm³/mol. The minimum absolute atomic E-state index is 0.0262. The summed E-state index contributed by atoms with van der Waals surface area (Å²) in [7, 11) is 0. The summed E-state index contributed by atoms with van der Waals surface area (Å²) in [6, 6.07) is 0. The molecule has 0 radical (unpaired) electrons. The molecule has 60 valence electrons. The Morgan fingerprint density at radius 1 is 1.60 bits per heavy atom. The van der Waals surface area contributed by atoms with Crippen LogP contribution in [0.2, 0.25) is 0 Å². The molecule has 0 amide bonds.